The zero-order valence-electron chi connectivity index (χ0n) is 18.0. The number of aromatic nitrogens is 4. The number of benzene rings is 2. The number of anilines is 3. The molecule has 0 aliphatic carbocycles. The summed E-state index contributed by atoms with van der Waals surface area (Å²) in [7, 11) is 1.94. The Kier molecular flexibility index (Phi) is 5.89. The van der Waals surface area contributed by atoms with Crippen LogP contribution in [0.1, 0.15) is 19.4 Å². The average molecular weight is 411 g/mol. The Morgan fingerprint density at radius 3 is 2.10 bits per heavy atom. The summed E-state index contributed by atoms with van der Waals surface area (Å²) in [5.74, 6) is 2.79. The SMILES string of the molecule is CN(c1ccnc(NC(C)(C)Cc2ccccc2)n1)c1ccnc(-c2ccccc2)n1. The Morgan fingerprint density at radius 2 is 1.39 bits per heavy atom. The van der Waals surface area contributed by atoms with Gasteiger partial charge < -0.3 is 10.2 Å². The first-order valence-corrected chi connectivity index (χ1v) is 10.3. The lowest BCUT2D eigenvalue weighted by Crippen LogP contribution is -2.34. The van der Waals surface area contributed by atoms with Gasteiger partial charge in [0.1, 0.15) is 11.6 Å². The van der Waals surface area contributed by atoms with E-state index in [4.69, 9.17) is 9.97 Å². The standard InChI is InChI=1S/C25H26N6/c1-25(2,18-19-10-6-4-7-11-19)30-24-27-17-15-22(29-24)31(3)21-14-16-26-23(28-21)20-12-8-5-9-13-20/h4-17H,18H2,1-3H3,(H,27,29,30). The molecule has 0 bridgehead atoms. The monoisotopic (exact) mass is 410 g/mol. The Hall–Kier alpha value is -3.80. The number of rotatable bonds is 7. The van der Waals surface area contributed by atoms with Crippen LogP contribution in [0.2, 0.25) is 0 Å². The van der Waals surface area contributed by atoms with Gasteiger partial charge in [0.2, 0.25) is 5.95 Å². The first-order valence-electron chi connectivity index (χ1n) is 10.3. The van der Waals surface area contributed by atoms with Crippen molar-refractivity contribution < 1.29 is 0 Å². The summed E-state index contributed by atoms with van der Waals surface area (Å²) >= 11 is 0. The van der Waals surface area contributed by atoms with E-state index in [-0.39, 0.29) is 5.54 Å². The lowest BCUT2D eigenvalue weighted by atomic mass is 9.95. The second kappa shape index (κ2) is 8.92. The van der Waals surface area contributed by atoms with Gasteiger partial charge in [-0.1, -0.05) is 60.7 Å². The minimum Gasteiger partial charge on any atom is -0.349 e. The number of nitrogens with one attached hydrogen (secondary N) is 1. The molecule has 156 valence electrons. The molecule has 0 aliphatic rings. The highest BCUT2D eigenvalue weighted by molar-refractivity contribution is 5.61. The van der Waals surface area contributed by atoms with Crippen molar-refractivity contribution in [3.63, 3.8) is 0 Å². The second-order valence-electron chi connectivity index (χ2n) is 8.07. The van der Waals surface area contributed by atoms with Crippen molar-refractivity contribution in [1.82, 2.24) is 19.9 Å². The van der Waals surface area contributed by atoms with Crippen LogP contribution in [0.15, 0.2) is 85.2 Å². The van der Waals surface area contributed by atoms with Gasteiger partial charge in [0.25, 0.3) is 0 Å². The highest BCUT2D eigenvalue weighted by Gasteiger charge is 2.20. The van der Waals surface area contributed by atoms with E-state index in [1.807, 2.05) is 60.5 Å². The van der Waals surface area contributed by atoms with Crippen LogP contribution in [0.3, 0.4) is 0 Å². The molecule has 1 N–H and O–H groups in total. The molecule has 0 saturated carbocycles. The van der Waals surface area contributed by atoms with E-state index in [1.165, 1.54) is 5.56 Å². The van der Waals surface area contributed by atoms with Gasteiger partial charge in [-0.25, -0.2) is 15.0 Å². The third-order valence-corrected chi connectivity index (χ3v) is 4.94. The second-order valence-corrected chi connectivity index (χ2v) is 8.07. The first-order chi connectivity index (χ1) is 15.0. The molecule has 31 heavy (non-hydrogen) atoms. The van der Waals surface area contributed by atoms with Gasteiger partial charge in [-0.05, 0) is 38.0 Å². The molecular weight excluding hydrogens is 384 g/mol. The smallest absolute Gasteiger partial charge is 0.225 e. The Morgan fingerprint density at radius 1 is 0.774 bits per heavy atom. The number of nitrogens with zero attached hydrogens (tertiary/aromatic N) is 5. The maximum Gasteiger partial charge on any atom is 0.225 e. The third-order valence-electron chi connectivity index (χ3n) is 4.94. The summed E-state index contributed by atoms with van der Waals surface area (Å²) in [6.45, 7) is 4.30. The molecule has 6 nitrogen and oxygen atoms in total. The Balaban J connectivity index is 1.53. The van der Waals surface area contributed by atoms with Crippen molar-refractivity contribution in [3.8, 4) is 11.4 Å². The zero-order chi connectivity index (χ0) is 21.7. The fourth-order valence-electron chi connectivity index (χ4n) is 3.43. The molecule has 0 saturated heterocycles. The van der Waals surface area contributed by atoms with Crippen LogP contribution >= 0.6 is 0 Å². The summed E-state index contributed by atoms with van der Waals surface area (Å²) < 4.78 is 0. The van der Waals surface area contributed by atoms with Crippen molar-refractivity contribution in [2.24, 2.45) is 0 Å². The fourth-order valence-corrected chi connectivity index (χ4v) is 3.43. The molecule has 2 aromatic carbocycles. The number of hydrogen-bond donors (Lipinski definition) is 1. The van der Waals surface area contributed by atoms with Crippen molar-refractivity contribution >= 4 is 17.6 Å². The summed E-state index contributed by atoms with van der Waals surface area (Å²) in [4.78, 5) is 20.2. The molecule has 0 fully saturated rings. The van der Waals surface area contributed by atoms with Gasteiger partial charge in [0.15, 0.2) is 5.82 Å². The van der Waals surface area contributed by atoms with Crippen LogP contribution in [0.25, 0.3) is 11.4 Å². The molecule has 0 atom stereocenters. The van der Waals surface area contributed by atoms with Gasteiger partial charge in [0.05, 0.1) is 0 Å². The maximum atomic E-state index is 4.72. The molecular formula is C25H26N6. The van der Waals surface area contributed by atoms with Crippen molar-refractivity contribution in [2.75, 3.05) is 17.3 Å². The fraction of sp³-hybridized carbons (Fsp3) is 0.200. The Bertz CT molecular complexity index is 1130. The largest absolute Gasteiger partial charge is 0.349 e. The molecule has 0 spiro atoms. The van der Waals surface area contributed by atoms with E-state index in [0.29, 0.717) is 11.8 Å². The van der Waals surface area contributed by atoms with Gasteiger partial charge >= 0.3 is 0 Å². The first kappa shape index (κ1) is 20.5. The molecule has 2 heterocycles. The van der Waals surface area contributed by atoms with Crippen LogP contribution < -0.4 is 10.2 Å². The van der Waals surface area contributed by atoms with Crippen molar-refractivity contribution in [2.45, 2.75) is 25.8 Å². The molecule has 0 amide bonds. The topological polar surface area (TPSA) is 66.8 Å². The van der Waals surface area contributed by atoms with Gasteiger partial charge in [-0.2, -0.15) is 4.98 Å². The van der Waals surface area contributed by atoms with Crippen molar-refractivity contribution in [3.05, 3.63) is 90.8 Å². The Labute approximate surface area is 183 Å². The lowest BCUT2D eigenvalue weighted by molar-refractivity contribution is 0.558. The minimum absolute atomic E-state index is 0.200. The zero-order valence-corrected chi connectivity index (χ0v) is 18.0. The van der Waals surface area contributed by atoms with Crippen LogP contribution in [-0.4, -0.2) is 32.5 Å². The maximum absolute atomic E-state index is 4.72. The highest BCUT2D eigenvalue weighted by atomic mass is 15.3. The van der Waals surface area contributed by atoms with Crippen LogP contribution in [0.5, 0.6) is 0 Å². The summed E-state index contributed by atoms with van der Waals surface area (Å²) in [5, 5.41) is 3.47. The van der Waals surface area contributed by atoms with E-state index in [9.17, 15) is 0 Å². The third kappa shape index (κ3) is 5.22. The normalized spacial score (nSPS) is 11.2. The predicted octanol–water partition coefficient (Wildman–Crippen LogP) is 5.13. The van der Waals surface area contributed by atoms with Gasteiger partial charge in [-0.15, -0.1) is 0 Å². The van der Waals surface area contributed by atoms with Crippen LogP contribution in [-0.2, 0) is 6.42 Å². The highest BCUT2D eigenvalue weighted by Crippen LogP contribution is 2.24. The number of hydrogen-bond acceptors (Lipinski definition) is 6. The van der Waals surface area contributed by atoms with E-state index >= 15 is 0 Å². The lowest BCUT2D eigenvalue weighted by Gasteiger charge is -2.27. The van der Waals surface area contributed by atoms with Gasteiger partial charge in [-0.3, -0.25) is 0 Å². The molecule has 4 rings (SSSR count). The van der Waals surface area contributed by atoms with E-state index in [2.05, 4.69) is 53.4 Å². The molecule has 6 heteroatoms. The van der Waals surface area contributed by atoms with Crippen LogP contribution in [0, 0.1) is 0 Å². The van der Waals surface area contributed by atoms with E-state index in [0.717, 1.165) is 23.6 Å². The van der Waals surface area contributed by atoms with E-state index < -0.39 is 0 Å². The van der Waals surface area contributed by atoms with Crippen LogP contribution in [0.4, 0.5) is 17.6 Å². The van der Waals surface area contributed by atoms with E-state index in [1.54, 1.807) is 12.4 Å². The summed E-state index contributed by atoms with van der Waals surface area (Å²) in [6.07, 6.45) is 4.40. The summed E-state index contributed by atoms with van der Waals surface area (Å²) in [6, 6.07) is 24.1. The quantitative estimate of drug-likeness (QED) is 0.455. The predicted molar refractivity (Wildman–Crippen MR) is 125 cm³/mol. The molecule has 4 aromatic rings. The molecule has 2 aromatic heterocycles. The molecule has 0 radical (unpaired) electrons. The van der Waals surface area contributed by atoms with Gasteiger partial charge in [0, 0.05) is 30.5 Å². The average Bonchev–Trinajstić information content (AvgIpc) is 2.79. The molecule has 0 aliphatic heterocycles. The summed E-state index contributed by atoms with van der Waals surface area (Å²) in [5.41, 5.74) is 2.04. The molecule has 0 unspecified atom stereocenters. The van der Waals surface area contributed by atoms with Crippen molar-refractivity contribution in [1.29, 1.82) is 0 Å². The minimum atomic E-state index is -0.200.